The lowest BCUT2D eigenvalue weighted by molar-refractivity contribution is -0.0129. The summed E-state index contributed by atoms with van der Waals surface area (Å²) in [5.41, 5.74) is 1.99. The van der Waals surface area contributed by atoms with Crippen molar-refractivity contribution in [3.05, 3.63) is 41.3 Å². The van der Waals surface area contributed by atoms with Gasteiger partial charge in [-0.1, -0.05) is 32.1 Å². The molecule has 0 unspecified atom stereocenters. The van der Waals surface area contributed by atoms with E-state index in [2.05, 4.69) is 31.1 Å². The standard InChI is InChI=1S/C17H22N2O2/c1-11-8-12(2)19(18-11)15(20)14-9-13-10-16(3,4)6-7-17(13,14)21-5/h6-9,13H,10H2,1-5H3/t13-,17-/m1/s1. The molecule has 21 heavy (non-hydrogen) atoms. The lowest BCUT2D eigenvalue weighted by Gasteiger charge is -2.50. The highest BCUT2D eigenvalue weighted by Crippen LogP contribution is 2.51. The first-order chi connectivity index (χ1) is 9.79. The average molecular weight is 286 g/mol. The SMILES string of the molecule is CO[C@]12C=CC(C)(C)C[C@H]1C=C2C(=O)n1nc(C)cc1C. The largest absolute Gasteiger partial charge is 0.369 e. The molecule has 3 rings (SSSR count). The number of rotatable bonds is 2. The molecular formula is C17H22N2O2. The second-order valence-corrected chi connectivity index (χ2v) is 6.85. The molecule has 1 heterocycles. The minimum atomic E-state index is -0.571. The third kappa shape index (κ3) is 2.01. The molecule has 0 radical (unpaired) electrons. The van der Waals surface area contributed by atoms with E-state index in [0.717, 1.165) is 17.8 Å². The van der Waals surface area contributed by atoms with Crippen molar-refractivity contribution in [1.82, 2.24) is 9.78 Å². The van der Waals surface area contributed by atoms with Gasteiger partial charge in [0.1, 0.15) is 5.60 Å². The number of carbonyl (C=O) groups excluding carboxylic acids is 1. The van der Waals surface area contributed by atoms with Crippen LogP contribution in [0, 0.1) is 25.2 Å². The third-order valence-corrected chi connectivity index (χ3v) is 4.64. The monoisotopic (exact) mass is 286 g/mol. The smallest absolute Gasteiger partial charge is 0.277 e. The molecule has 0 fully saturated rings. The van der Waals surface area contributed by atoms with Crippen LogP contribution in [0.25, 0.3) is 0 Å². The molecule has 1 aromatic heterocycles. The Morgan fingerprint density at radius 2 is 2.10 bits per heavy atom. The second kappa shape index (κ2) is 4.41. The van der Waals surface area contributed by atoms with Gasteiger partial charge in [0.15, 0.2) is 0 Å². The predicted molar refractivity (Wildman–Crippen MR) is 81.2 cm³/mol. The zero-order valence-electron chi connectivity index (χ0n) is 13.3. The van der Waals surface area contributed by atoms with E-state index in [1.807, 2.05) is 26.0 Å². The molecule has 112 valence electrons. The number of fused-ring (bicyclic) bond motifs is 1. The third-order valence-electron chi connectivity index (χ3n) is 4.64. The normalized spacial score (nSPS) is 29.6. The number of aromatic nitrogens is 2. The molecule has 0 saturated heterocycles. The summed E-state index contributed by atoms with van der Waals surface area (Å²) in [5.74, 6) is 0.182. The molecule has 0 aliphatic heterocycles. The highest BCUT2D eigenvalue weighted by molar-refractivity contribution is 6.00. The highest BCUT2D eigenvalue weighted by Gasteiger charge is 2.53. The number of carbonyl (C=O) groups is 1. The fourth-order valence-corrected chi connectivity index (χ4v) is 3.48. The number of ether oxygens (including phenoxy) is 1. The highest BCUT2D eigenvalue weighted by atomic mass is 16.5. The molecular weight excluding hydrogens is 264 g/mol. The molecule has 0 amide bonds. The molecule has 0 N–H and O–H groups in total. The van der Waals surface area contributed by atoms with Crippen molar-refractivity contribution in [2.45, 2.75) is 39.7 Å². The van der Waals surface area contributed by atoms with E-state index >= 15 is 0 Å². The first-order valence-corrected chi connectivity index (χ1v) is 7.35. The number of methoxy groups -OCH3 is 1. The van der Waals surface area contributed by atoms with E-state index < -0.39 is 5.60 Å². The van der Waals surface area contributed by atoms with Gasteiger partial charge in [0, 0.05) is 18.7 Å². The Kier molecular flexibility index (Phi) is 2.99. The van der Waals surface area contributed by atoms with Gasteiger partial charge >= 0.3 is 0 Å². The summed E-state index contributed by atoms with van der Waals surface area (Å²) in [5, 5.41) is 4.29. The molecule has 2 aliphatic carbocycles. The zero-order chi connectivity index (χ0) is 15.4. The van der Waals surface area contributed by atoms with Crippen LogP contribution >= 0.6 is 0 Å². The number of nitrogens with zero attached hydrogens (tertiary/aromatic N) is 2. The number of hydrogen-bond acceptors (Lipinski definition) is 3. The molecule has 0 saturated carbocycles. The van der Waals surface area contributed by atoms with E-state index in [0.29, 0.717) is 5.57 Å². The van der Waals surface area contributed by atoms with E-state index in [9.17, 15) is 4.79 Å². The van der Waals surface area contributed by atoms with Crippen LogP contribution < -0.4 is 0 Å². The minimum absolute atomic E-state index is 0.0805. The maximum atomic E-state index is 12.8. The lowest BCUT2D eigenvalue weighted by atomic mass is 9.60. The van der Waals surface area contributed by atoms with Gasteiger partial charge in [-0.05, 0) is 31.7 Å². The Morgan fingerprint density at radius 3 is 2.62 bits per heavy atom. The van der Waals surface area contributed by atoms with Gasteiger partial charge in [0.05, 0.1) is 11.3 Å². The molecule has 2 aliphatic rings. The van der Waals surface area contributed by atoms with Gasteiger partial charge in [0.2, 0.25) is 0 Å². The molecule has 4 heteroatoms. The summed E-state index contributed by atoms with van der Waals surface area (Å²) in [4.78, 5) is 12.8. The van der Waals surface area contributed by atoms with Crippen molar-refractivity contribution < 1.29 is 9.53 Å². The van der Waals surface area contributed by atoms with Crippen LogP contribution in [0.2, 0.25) is 0 Å². The van der Waals surface area contributed by atoms with Gasteiger partial charge in [-0.2, -0.15) is 5.10 Å². The lowest BCUT2D eigenvalue weighted by Crippen LogP contribution is -2.53. The summed E-state index contributed by atoms with van der Waals surface area (Å²) < 4.78 is 7.23. The van der Waals surface area contributed by atoms with Crippen LogP contribution in [0.15, 0.2) is 29.9 Å². The van der Waals surface area contributed by atoms with Crippen molar-refractivity contribution in [3.8, 4) is 0 Å². The average Bonchev–Trinajstić information content (AvgIpc) is 2.72. The van der Waals surface area contributed by atoms with Gasteiger partial charge in [-0.15, -0.1) is 0 Å². The Labute approximate surface area is 125 Å². The number of hydrogen-bond donors (Lipinski definition) is 0. The summed E-state index contributed by atoms with van der Waals surface area (Å²) in [6.07, 6.45) is 7.26. The van der Waals surface area contributed by atoms with Gasteiger partial charge in [-0.3, -0.25) is 4.79 Å². The van der Waals surface area contributed by atoms with Crippen molar-refractivity contribution in [3.63, 3.8) is 0 Å². The van der Waals surface area contributed by atoms with Crippen molar-refractivity contribution in [1.29, 1.82) is 0 Å². The topological polar surface area (TPSA) is 44.1 Å². The Balaban J connectivity index is 1.97. The first-order valence-electron chi connectivity index (χ1n) is 7.35. The summed E-state index contributed by atoms with van der Waals surface area (Å²) >= 11 is 0. The fourth-order valence-electron chi connectivity index (χ4n) is 3.48. The molecule has 0 spiro atoms. The van der Waals surface area contributed by atoms with Crippen LogP contribution in [0.1, 0.15) is 36.5 Å². The van der Waals surface area contributed by atoms with Crippen LogP contribution in [-0.2, 0) is 4.74 Å². The maximum absolute atomic E-state index is 12.8. The molecule has 4 nitrogen and oxygen atoms in total. The zero-order valence-corrected chi connectivity index (χ0v) is 13.3. The van der Waals surface area contributed by atoms with Crippen molar-refractivity contribution in [2.75, 3.05) is 7.11 Å². The molecule has 0 aromatic carbocycles. The molecule has 2 atom stereocenters. The summed E-state index contributed by atoms with van der Waals surface area (Å²) in [6.45, 7) is 8.20. The van der Waals surface area contributed by atoms with Gasteiger partial charge in [-0.25, -0.2) is 4.68 Å². The second-order valence-electron chi connectivity index (χ2n) is 6.85. The van der Waals surface area contributed by atoms with Gasteiger partial charge in [0.25, 0.3) is 5.91 Å². The Morgan fingerprint density at radius 1 is 1.38 bits per heavy atom. The van der Waals surface area contributed by atoms with Crippen LogP contribution in [0.3, 0.4) is 0 Å². The maximum Gasteiger partial charge on any atom is 0.277 e. The van der Waals surface area contributed by atoms with Crippen LogP contribution in [0.5, 0.6) is 0 Å². The number of aryl methyl sites for hydroxylation is 2. The first kappa shape index (κ1) is 14.3. The van der Waals surface area contributed by atoms with Gasteiger partial charge < -0.3 is 4.74 Å². The quantitative estimate of drug-likeness (QED) is 0.785. The van der Waals surface area contributed by atoms with Crippen molar-refractivity contribution in [2.24, 2.45) is 11.3 Å². The number of allylic oxidation sites excluding steroid dienone is 1. The minimum Gasteiger partial charge on any atom is -0.369 e. The summed E-state index contributed by atoms with van der Waals surface area (Å²) in [7, 11) is 1.68. The Bertz CT molecular complexity index is 666. The predicted octanol–water partition coefficient (Wildman–Crippen LogP) is 3.07. The van der Waals surface area contributed by atoms with E-state index in [1.165, 1.54) is 4.68 Å². The van der Waals surface area contributed by atoms with E-state index in [4.69, 9.17) is 4.74 Å². The van der Waals surface area contributed by atoms with Crippen LogP contribution in [0.4, 0.5) is 0 Å². The van der Waals surface area contributed by atoms with Crippen molar-refractivity contribution >= 4 is 5.91 Å². The van der Waals surface area contributed by atoms with E-state index in [1.54, 1.807) is 7.11 Å². The van der Waals surface area contributed by atoms with E-state index in [-0.39, 0.29) is 17.2 Å². The summed E-state index contributed by atoms with van der Waals surface area (Å²) in [6, 6.07) is 1.91. The van der Waals surface area contributed by atoms with Crippen LogP contribution in [-0.4, -0.2) is 28.4 Å². The molecule has 0 bridgehead atoms. The Hall–Kier alpha value is -1.68. The molecule has 1 aromatic rings. The fraction of sp³-hybridized carbons (Fsp3) is 0.529.